The summed E-state index contributed by atoms with van der Waals surface area (Å²) in [5.74, 6) is -1.73. The van der Waals surface area contributed by atoms with Crippen LogP contribution in [0.2, 0.25) is 0 Å². The maximum Gasteiger partial charge on any atom is 0.335 e. The van der Waals surface area contributed by atoms with Gasteiger partial charge in [-0.3, -0.25) is 0 Å². The van der Waals surface area contributed by atoms with E-state index in [1.54, 1.807) is 18.6 Å². The number of hydrogen-bond acceptors (Lipinski definition) is 12. The summed E-state index contributed by atoms with van der Waals surface area (Å²) in [4.78, 5) is 49.1. The van der Waals surface area contributed by atoms with Gasteiger partial charge in [0.25, 0.3) is 11.8 Å². The van der Waals surface area contributed by atoms with Crippen molar-refractivity contribution in [3.05, 3.63) is 65.6 Å². The fourth-order valence-corrected chi connectivity index (χ4v) is 3.98. The molecule has 236 valence electrons. The van der Waals surface area contributed by atoms with Crippen LogP contribution in [-0.2, 0) is 0 Å². The van der Waals surface area contributed by atoms with Gasteiger partial charge in [0.1, 0.15) is 19.8 Å². The zero-order valence-corrected chi connectivity index (χ0v) is 24.7. The molecule has 3 heterocycles. The van der Waals surface area contributed by atoms with E-state index in [1.807, 2.05) is 26.2 Å². The van der Waals surface area contributed by atoms with Gasteiger partial charge in [0.2, 0.25) is 0 Å². The second kappa shape index (κ2) is 16.6. The second-order valence-corrected chi connectivity index (χ2v) is 9.80. The van der Waals surface area contributed by atoms with E-state index in [9.17, 15) is 14.4 Å². The molecule has 1 aliphatic heterocycles. The van der Waals surface area contributed by atoms with Gasteiger partial charge in [-0.1, -0.05) is 0 Å². The largest absolute Gasteiger partial charge is 0.484 e. The Morgan fingerprint density at radius 3 is 2.02 bits per heavy atom. The molecule has 1 atom stereocenters. The minimum absolute atomic E-state index is 0.330. The molecule has 0 aliphatic carbocycles. The van der Waals surface area contributed by atoms with Gasteiger partial charge in [-0.25, -0.2) is 29.3 Å². The quantitative estimate of drug-likeness (QED) is 0.204. The molecule has 0 saturated carbocycles. The first-order valence-corrected chi connectivity index (χ1v) is 13.7. The highest BCUT2D eigenvalue weighted by Gasteiger charge is 2.23. The van der Waals surface area contributed by atoms with Crippen molar-refractivity contribution in [2.24, 2.45) is 0 Å². The number of anilines is 1. The molecule has 0 radical (unpaired) electrons. The van der Waals surface area contributed by atoms with Gasteiger partial charge < -0.3 is 44.6 Å². The van der Waals surface area contributed by atoms with Crippen LogP contribution in [0.3, 0.4) is 0 Å². The van der Waals surface area contributed by atoms with Crippen LogP contribution in [-0.4, -0.2) is 119 Å². The summed E-state index contributed by atoms with van der Waals surface area (Å²) < 4.78 is 17.4. The highest BCUT2D eigenvalue weighted by molar-refractivity contribution is 5.98. The number of piperazine rings is 1. The number of likely N-dealkylation sites (N-methyl/N-ethyl adjacent to an activating group) is 1. The number of pyridine rings is 1. The van der Waals surface area contributed by atoms with E-state index in [4.69, 9.17) is 29.5 Å². The van der Waals surface area contributed by atoms with E-state index in [1.165, 1.54) is 0 Å². The first kappa shape index (κ1) is 33.5. The minimum atomic E-state index is -1.37. The molecule has 1 aliphatic rings. The van der Waals surface area contributed by atoms with Crippen LogP contribution >= 0.6 is 0 Å². The van der Waals surface area contributed by atoms with Crippen molar-refractivity contribution in [3.8, 4) is 17.5 Å². The molecule has 1 fully saturated rings. The third-order valence-corrected chi connectivity index (χ3v) is 6.19. The van der Waals surface area contributed by atoms with Crippen LogP contribution in [0.4, 0.5) is 5.82 Å². The number of ether oxygens (including phenoxy) is 3. The summed E-state index contributed by atoms with van der Waals surface area (Å²) >= 11 is 0. The zero-order chi connectivity index (χ0) is 32.1. The highest BCUT2D eigenvalue weighted by atomic mass is 16.5. The molecule has 44 heavy (non-hydrogen) atoms. The normalized spacial score (nSPS) is 14.3. The predicted molar refractivity (Wildman–Crippen MR) is 158 cm³/mol. The number of hydrogen-bond donors (Lipinski definition) is 4. The molecule has 2 aromatic heterocycles. The Bertz CT molecular complexity index is 1340. The summed E-state index contributed by atoms with van der Waals surface area (Å²) in [6.07, 6.45) is 5.03. The standard InChI is InChI=1S/C20H30N6O3.C9H6O6/c1-16-15-21-9-10-26(16)18-20(24-8-7-22-18)29-14-13-27-17-5-4-6-23-19(17)28-12-11-25(2)3;10-7(11)4-1-5(8(12)13)3-6(2-4)9(14)15/h4-8,16,21H,9-15H2,1-3H3;1-3H,(H,10,11)(H,12,13)(H,14,15)/t16-;/m1./s1. The first-order valence-electron chi connectivity index (χ1n) is 13.7. The van der Waals surface area contributed by atoms with E-state index in [2.05, 4.69) is 37.0 Å². The van der Waals surface area contributed by atoms with E-state index in [0.29, 0.717) is 43.4 Å². The van der Waals surface area contributed by atoms with Crippen molar-refractivity contribution in [3.63, 3.8) is 0 Å². The lowest BCUT2D eigenvalue weighted by molar-refractivity contribution is 0.0696. The Balaban J connectivity index is 0.000000297. The van der Waals surface area contributed by atoms with Gasteiger partial charge in [-0.15, -0.1) is 0 Å². The maximum atomic E-state index is 10.6. The highest BCUT2D eigenvalue weighted by Crippen LogP contribution is 2.26. The van der Waals surface area contributed by atoms with Crippen molar-refractivity contribution in [2.45, 2.75) is 13.0 Å². The number of carbonyl (C=O) groups is 3. The summed E-state index contributed by atoms with van der Waals surface area (Å²) in [5.41, 5.74) is -1.10. The van der Waals surface area contributed by atoms with Gasteiger partial charge in [0.05, 0.1) is 16.7 Å². The average molecular weight is 613 g/mol. The molecule has 0 amide bonds. The van der Waals surface area contributed by atoms with Crippen LogP contribution in [0, 0.1) is 0 Å². The Labute approximate surface area is 254 Å². The van der Waals surface area contributed by atoms with Crippen molar-refractivity contribution in [2.75, 3.05) is 65.0 Å². The van der Waals surface area contributed by atoms with Crippen molar-refractivity contribution in [1.29, 1.82) is 0 Å². The maximum absolute atomic E-state index is 10.6. The molecule has 0 bridgehead atoms. The van der Waals surface area contributed by atoms with E-state index >= 15 is 0 Å². The van der Waals surface area contributed by atoms with Crippen LogP contribution in [0.5, 0.6) is 17.5 Å². The van der Waals surface area contributed by atoms with Gasteiger partial charge in [-0.2, -0.15) is 0 Å². The lowest BCUT2D eigenvalue weighted by atomic mass is 10.1. The summed E-state index contributed by atoms with van der Waals surface area (Å²) in [5, 5.41) is 29.2. The van der Waals surface area contributed by atoms with Gasteiger partial charge in [0, 0.05) is 50.8 Å². The number of aromatic carboxylic acids is 3. The second-order valence-electron chi connectivity index (χ2n) is 9.80. The average Bonchev–Trinajstić information content (AvgIpc) is 3.00. The van der Waals surface area contributed by atoms with Crippen molar-refractivity contribution < 1.29 is 43.9 Å². The van der Waals surface area contributed by atoms with Crippen molar-refractivity contribution in [1.82, 2.24) is 25.2 Å². The van der Waals surface area contributed by atoms with Crippen LogP contribution in [0.1, 0.15) is 38.0 Å². The molecular formula is C29H36N6O9. The van der Waals surface area contributed by atoms with Crippen molar-refractivity contribution >= 4 is 23.7 Å². The SMILES string of the molecule is C[C@@H]1CNCCN1c1nccnc1OCCOc1cccnc1OCCN(C)C.O=C(O)c1cc(C(=O)O)cc(C(=O)O)c1. The predicted octanol–water partition coefficient (Wildman–Crippen LogP) is 1.85. The third kappa shape index (κ3) is 10.1. The lowest BCUT2D eigenvalue weighted by Crippen LogP contribution is -2.50. The topological polar surface area (TPSA) is 197 Å². The molecule has 0 spiro atoms. The van der Waals surface area contributed by atoms with Crippen LogP contribution < -0.4 is 24.4 Å². The van der Waals surface area contributed by atoms with E-state index < -0.39 is 17.9 Å². The number of nitrogens with one attached hydrogen (secondary N) is 1. The molecule has 4 N–H and O–H groups in total. The Morgan fingerprint density at radius 1 is 0.864 bits per heavy atom. The number of carboxylic acid groups (broad SMARTS) is 3. The van der Waals surface area contributed by atoms with Gasteiger partial charge >= 0.3 is 17.9 Å². The Hall–Kier alpha value is -5.02. The first-order chi connectivity index (χ1) is 21.1. The third-order valence-electron chi connectivity index (χ3n) is 6.19. The Morgan fingerprint density at radius 2 is 1.43 bits per heavy atom. The lowest BCUT2D eigenvalue weighted by Gasteiger charge is -2.35. The van der Waals surface area contributed by atoms with Crippen LogP contribution in [0.15, 0.2) is 48.9 Å². The fourth-order valence-electron chi connectivity index (χ4n) is 3.98. The fraction of sp³-hybridized carbons (Fsp3) is 0.379. The molecule has 1 aromatic carbocycles. The van der Waals surface area contributed by atoms with Gasteiger partial charge in [0.15, 0.2) is 11.6 Å². The summed E-state index contributed by atoms with van der Waals surface area (Å²) in [6.45, 7) is 6.91. The molecule has 15 heteroatoms. The van der Waals surface area contributed by atoms with E-state index in [0.717, 1.165) is 50.2 Å². The number of nitrogens with zero attached hydrogens (tertiary/aromatic N) is 5. The van der Waals surface area contributed by atoms with Gasteiger partial charge in [-0.05, 0) is 51.4 Å². The smallest absolute Gasteiger partial charge is 0.335 e. The molecule has 15 nitrogen and oxygen atoms in total. The Kier molecular flexibility index (Phi) is 12.6. The number of benzene rings is 1. The zero-order valence-electron chi connectivity index (χ0n) is 24.7. The van der Waals surface area contributed by atoms with E-state index in [-0.39, 0.29) is 16.7 Å². The summed E-state index contributed by atoms with van der Waals surface area (Å²) in [7, 11) is 4.00. The molecule has 3 aromatic rings. The molecule has 4 rings (SSSR count). The molecule has 0 unspecified atom stereocenters. The molecule has 1 saturated heterocycles. The van der Waals surface area contributed by atoms with Crippen LogP contribution in [0.25, 0.3) is 0 Å². The number of carboxylic acids is 3. The molecular weight excluding hydrogens is 576 g/mol. The minimum Gasteiger partial charge on any atom is -0.484 e. The number of aromatic nitrogens is 3. The monoisotopic (exact) mass is 612 g/mol. The number of rotatable bonds is 13. The summed E-state index contributed by atoms with van der Waals surface area (Å²) in [6, 6.07) is 6.69.